The van der Waals surface area contributed by atoms with Crippen molar-refractivity contribution in [3.05, 3.63) is 23.8 Å². The molecule has 0 aromatic carbocycles. The Morgan fingerprint density at radius 3 is 2.61 bits per heavy atom. The van der Waals surface area contributed by atoms with E-state index in [1.54, 1.807) is 12.3 Å². The number of nitrogens with zero attached hydrogens (tertiary/aromatic N) is 3. The van der Waals surface area contributed by atoms with Crippen molar-refractivity contribution in [2.75, 3.05) is 14.1 Å². The van der Waals surface area contributed by atoms with Crippen molar-refractivity contribution >= 4 is 10.2 Å². The lowest BCUT2D eigenvalue weighted by Crippen LogP contribution is -2.39. The monoisotopic (exact) mass is 270 g/mol. The average molecular weight is 270 g/mol. The summed E-state index contributed by atoms with van der Waals surface area (Å²) in [5, 5.41) is 0. The largest absolute Gasteiger partial charge is 0.279 e. The lowest BCUT2D eigenvalue weighted by Gasteiger charge is -2.20. The third kappa shape index (κ3) is 3.04. The van der Waals surface area contributed by atoms with E-state index in [1.807, 2.05) is 6.92 Å². The standard InChI is InChI=1S/C11H18N4O2S/c1-8-6-7-12-11(13-8)10(9-4-5-9)14-18(16,17)15(2)3/h6-7,9-10,14H,4-5H2,1-3H3/t10-/m1/s1. The first-order valence-electron chi connectivity index (χ1n) is 5.89. The fourth-order valence-electron chi connectivity index (χ4n) is 1.67. The highest BCUT2D eigenvalue weighted by Crippen LogP contribution is 2.40. The van der Waals surface area contributed by atoms with Crippen LogP contribution in [0.25, 0.3) is 0 Å². The molecule has 1 atom stereocenters. The Morgan fingerprint density at radius 1 is 1.44 bits per heavy atom. The topological polar surface area (TPSA) is 75.2 Å². The summed E-state index contributed by atoms with van der Waals surface area (Å²) in [6, 6.07) is 1.48. The van der Waals surface area contributed by atoms with Crippen molar-refractivity contribution in [3.63, 3.8) is 0 Å². The van der Waals surface area contributed by atoms with Gasteiger partial charge in [0.05, 0.1) is 6.04 Å². The van der Waals surface area contributed by atoms with E-state index in [0.29, 0.717) is 11.7 Å². The van der Waals surface area contributed by atoms with Gasteiger partial charge in [0, 0.05) is 26.0 Å². The molecule has 0 spiro atoms. The summed E-state index contributed by atoms with van der Waals surface area (Å²) >= 11 is 0. The summed E-state index contributed by atoms with van der Waals surface area (Å²) in [4.78, 5) is 8.51. The first-order valence-corrected chi connectivity index (χ1v) is 7.33. The van der Waals surface area contributed by atoms with Gasteiger partial charge in [-0.1, -0.05) is 0 Å². The number of aromatic nitrogens is 2. The Bertz CT molecular complexity index is 526. The maximum atomic E-state index is 11.9. The molecule has 2 rings (SSSR count). The van der Waals surface area contributed by atoms with Crippen LogP contribution in [0, 0.1) is 12.8 Å². The lowest BCUT2D eigenvalue weighted by atomic mass is 10.2. The summed E-state index contributed by atoms with van der Waals surface area (Å²) in [6.45, 7) is 1.87. The highest BCUT2D eigenvalue weighted by atomic mass is 32.2. The summed E-state index contributed by atoms with van der Waals surface area (Å²) in [5.41, 5.74) is 0.842. The summed E-state index contributed by atoms with van der Waals surface area (Å²) in [6.07, 6.45) is 3.69. The molecule has 1 heterocycles. The van der Waals surface area contributed by atoms with Crippen molar-refractivity contribution < 1.29 is 8.42 Å². The summed E-state index contributed by atoms with van der Waals surface area (Å²) < 4.78 is 27.6. The molecule has 1 aliphatic rings. The van der Waals surface area contributed by atoms with Crippen LogP contribution in [0.2, 0.25) is 0 Å². The van der Waals surface area contributed by atoms with Gasteiger partial charge in [-0.2, -0.15) is 17.4 Å². The maximum absolute atomic E-state index is 11.9. The van der Waals surface area contributed by atoms with Crippen LogP contribution in [0.4, 0.5) is 0 Å². The first-order chi connectivity index (χ1) is 8.40. The van der Waals surface area contributed by atoms with E-state index in [-0.39, 0.29) is 6.04 Å². The first kappa shape index (κ1) is 13.4. The normalized spacial score (nSPS) is 18.0. The zero-order valence-corrected chi connectivity index (χ0v) is 11.6. The molecule has 1 saturated carbocycles. The zero-order valence-electron chi connectivity index (χ0n) is 10.8. The molecule has 7 heteroatoms. The Hall–Kier alpha value is -1.05. The Labute approximate surface area is 108 Å². The smallest absolute Gasteiger partial charge is 0.240 e. The molecule has 18 heavy (non-hydrogen) atoms. The average Bonchev–Trinajstić information content (AvgIpc) is 3.09. The minimum Gasteiger partial charge on any atom is -0.240 e. The Morgan fingerprint density at radius 2 is 2.11 bits per heavy atom. The van der Waals surface area contributed by atoms with Crippen molar-refractivity contribution in [3.8, 4) is 0 Å². The van der Waals surface area contributed by atoms with Gasteiger partial charge in [0.2, 0.25) is 0 Å². The van der Waals surface area contributed by atoms with E-state index in [0.717, 1.165) is 22.8 Å². The minimum atomic E-state index is -3.46. The van der Waals surface area contributed by atoms with E-state index in [1.165, 1.54) is 14.1 Å². The third-order valence-corrected chi connectivity index (χ3v) is 4.45. The Kier molecular flexibility index (Phi) is 3.65. The van der Waals surface area contributed by atoms with E-state index in [2.05, 4.69) is 14.7 Å². The number of nitrogens with one attached hydrogen (secondary N) is 1. The second-order valence-electron chi connectivity index (χ2n) is 4.78. The van der Waals surface area contributed by atoms with Gasteiger partial charge in [-0.05, 0) is 31.7 Å². The van der Waals surface area contributed by atoms with Crippen molar-refractivity contribution in [2.45, 2.75) is 25.8 Å². The van der Waals surface area contributed by atoms with Crippen LogP contribution >= 0.6 is 0 Å². The third-order valence-electron chi connectivity index (χ3n) is 2.94. The van der Waals surface area contributed by atoms with E-state index in [4.69, 9.17) is 0 Å². The van der Waals surface area contributed by atoms with Gasteiger partial charge in [0.15, 0.2) is 0 Å². The molecular weight excluding hydrogens is 252 g/mol. The Balaban J connectivity index is 2.25. The van der Waals surface area contributed by atoms with Crippen LogP contribution in [0.15, 0.2) is 12.3 Å². The maximum Gasteiger partial charge on any atom is 0.279 e. The molecule has 0 bridgehead atoms. The summed E-state index contributed by atoms with van der Waals surface area (Å²) in [7, 11) is -0.453. The van der Waals surface area contributed by atoms with Crippen LogP contribution in [-0.2, 0) is 10.2 Å². The highest BCUT2D eigenvalue weighted by molar-refractivity contribution is 7.87. The van der Waals surface area contributed by atoms with Gasteiger partial charge in [-0.3, -0.25) is 0 Å². The van der Waals surface area contributed by atoms with Crippen LogP contribution in [0.3, 0.4) is 0 Å². The molecule has 0 amide bonds. The van der Waals surface area contributed by atoms with Crippen molar-refractivity contribution in [2.24, 2.45) is 5.92 Å². The van der Waals surface area contributed by atoms with E-state index >= 15 is 0 Å². The predicted octanol–water partition coefficient (Wildman–Crippen LogP) is 0.632. The molecule has 0 aliphatic heterocycles. The molecule has 1 aliphatic carbocycles. The van der Waals surface area contributed by atoms with Crippen LogP contribution in [0.1, 0.15) is 30.4 Å². The summed E-state index contributed by atoms with van der Waals surface area (Å²) in [5.74, 6) is 0.865. The molecular formula is C11H18N4O2S. The number of hydrogen-bond donors (Lipinski definition) is 1. The van der Waals surface area contributed by atoms with Gasteiger partial charge in [0.25, 0.3) is 10.2 Å². The van der Waals surface area contributed by atoms with Gasteiger partial charge in [0.1, 0.15) is 5.82 Å². The van der Waals surface area contributed by atoms with Gasteiger partial charge < -0.3 is 0 Å². The molecule has 1 N–H and O–H groups in total. The predicted molar refractivity (Wildman–Crippen MR) is 68.0 cm³/mol. The molecule has 1 aromatic rings. The molecule has 0 unspecified atom stereocenters. The van der Waals surface area contributed by atoms with E-state index < -0.39 is 10.2 Å². The van der Waals surface area contributed by atoms with Crippen LogP contribution < -0.4 is 4.72 Å². The second kappa shape index (κ2) is 4.91. The van der Waals surface area contributed by atoms with Crippen LogP contribution in [0.5, 0.6) is 0 Å². The zero-order chi connectivity index (χ0) is 13.3. The van der Waals surface area contributed by atoms with Gasteiger partial charge in [-0.25, -0.2) is 9.97 Å². The second-order valence-corrected chi connectivity index (χ2v) is 6.69. The number of aryl methyl sites for hydroxylation is 1. The fourth-order valence-corrected chi connectivity index (χ4v) is 2.50. The van der Waals surface area contributed by atoms with Crippen LogP contribution in [-0.4, -0.2) is 36.8 Å². The van der Waals surface area contributed by atoms with Crippen molar-refractivity contribution in [1.29, 1.82) is 0 Å². The molecule has 0 radical (unpaired) electrons. The molecule has 100 valence electrons. The molecule has 1 fully saturated rings. The lowest BCUT2D eigenvalue weighted by molar-refractivity contribution is 0.465. The minimum absolute atomic E-state index is 0.307. The SMILES string of the molecule is Cc1ccnc([C@H](NS(=O)(=O)N(C)C)C2CC2)n1. The van der Waals surface area contributed by atoms with Gasteiger partial charge >= 0.3 is 0 Å². The quantitative estimate of drug-likeness (QED) is 0.851. The molecule has 1 aromatic heterocycles. The van der Waals surface area contributed by atoms with Crippen molar-refractivity contribution in [1.82, 2.24) is 19.0 Å². The number of rotatable bonds is 5. The molecule has 6 nitrogen and oxygen atoms in total. The number of hydrogen-bond acceptors (Lipinski definition) is 4. The van der Waals surface area contributed by atoms with Gasteiger partial charge in [-0.15, -0.1) is 0 Å². The molecule has 0 saturated heterocycles. The highest BCUT2D eigenvalue weighted by Gasteiger charge is 2.37. The fraction of sp³-hybridized carbons (Fsp3) is 0.636. The van der Waals surface area contributed by atoms with E-state index in [9.17, 15) is 8.42 Å².